The van der Waals surface area contributed by atoms with E-state index in [4.69, 9.17) is 9.47 Å². The normalized spacial score (nSPS) is 10.0. The van der Waals surface area contributed by atoms with Gasteiger partial charge in [-0.25, -0.2) is 9.49 Å². The van der Waals surface area contributed by atoms with Crippen molar-refractivity contribution in [3.05, 3.63) is 30.1 Å². The Kier molecular flexibility index (Phi) is 3.91. The van der Waals surface area contributed by atoms with Gasteiger partial charge in [0.2, 0.25) is 5.95 Å². The first kappa shape index (κ1) is 12.8. The van der Waals surface area contributed by atoms with Crippen LogP contribution in [-0.4, -0.2) is 34.8 Å². The number of nitrogens with one attached hydrogen (secondary N) is 2. The van der Waals surface area contributed by atoms with Crippen LogP contribution in [0.5, 0.6) is 11.8 Å². The first-order valence-corrected chi connectivity index (χ1v) is 5.32. The van der Waals surface area contributed by atoms with Crippen molar-refractivity contribution >= 4 is 11.9 Å². The first-order chi connectivity index (χ1) is 9.17. The Morgan fingerprint density at radius 3 is 3.05 bits per heavy atom. The fourth-order valence-electron chi connectivity index (χ4n) is 1.27. The molecule has 0 bridgehead atoms. The lowest BCUT2D eigenvalue weighted by molar-refractivity contribution is -0.118. The summed E-state index contributed by atoms with van der Waals surface area (Å²) in [7, 11) is 1.40. The molecule has 0 aliphatic heterocycles. The number of anilines is 1. The molecule has 1 aromatic carbocycles. The summed E-state index contributed by atoms with van der Waals surface area (Å²) >= 11 is 0. The second-order valence-electron chi connectivity index (χ2n) is 3.46. The topological polar surface area (TPSA) is 89.1 Å². The molecule has 2 N–H and O–H groups in total. The number of nitrogens with zero attached hydrogens (tertiary/aromatic N) is 2. The zero-order valence-corrected chi connectivity index (χ0v) is 10.0. The summed E-state index contributed by atoms with van der Waals surface area (Å²) in [4.78, 5) is 15.3. The van der Waals surface area contributed by atoms with E-state index in [1.807, 2.05) is 0 Å². The predicted molar refractivity (Wildman–Crippen MR) is 63.5 cm³/mol. The van der Waals surface area contributed by atoms with Crippen molar-refractivity contribution in [1.29, 1.82) is 0 Å². The molecule has 0 fully saturated rings. The van der Waals surface area contributed by atoms with Crippen LogP contribution in [0, 0.1) is 5.82 Å². The maximum absolute atomic E-state index is 12.9. The minimum atomic E-state index is -0.455. The molecule has 1 amide bonds. The lowest BCUT2D eigenvalue weighted by atomic mass is 10.3. The maximum atomic E-state index is 12.9. The quantitative estimate of drug-likeness (QED) is 0.841. The summed E-state index contributed by atoms with van der Waals surface area (Å²) in [6, 6.07) is 5.62. The highest BCUT2D eigenvalue weighted by Gasteiger charge is 2.08. The number of carbonyl (C=O) groups excluding carboxylic acids is 1. The van der Waals surface area contributed by atoms with E-state index < -0.39 is 11.7 Å². The molecular weight excluding hydrogens is 255 g/mol. The number of rotatable bonds is 5. The molecule has 2 aromatic rings. The molecule has 0 saturated heterocycles. The van der Waals surface area contributed by atoms with Crippen LogP contribution < -0.4 is 14.8 Å². The number of hydrogen-bond acceptors (Lipinski definition) is 5. The number of ether oxygens (including phenoxy) is 2. The van der Waals surface area contributed by atoms with E-state index >= 15 is 0 Å². The number of H-pyrrole nitrogens is 1. The van der Waals surface area contributed by atoms with Gasteiger partial charge < -0.3 is 9.47 Å². The third-order valence-corrected chi connectivity index (χ3v) is 2.07. The highest BCUT2D eigenvalue weighted by molar-refractivity contribution is 5.90. The van der Waals surface area contributed by atoms with Gasteiger partial charge in [0.1, 0.15) is 11.6 Å². The zero-order valence-electron chi connectivity index (χ0n) is 10.0. The molecule has 0 atom stereocenters. The van der Waals surface area contributed by atoms with Crippen LogP contribution in [0.15, 0.2) is 24.3 Å². The largest absolute Gasteiger partial charge is 0.484 e. The Labute approximate surface area is 107 Å². The monoisotopic (exact) mass is 266 g/mol. The Morgan fingerprint density at radius 2 is 2.37 bits per heavy atom. The lowest BCUT2D eigenvalue weighted by Crippen LogP contribution is -2.20. The van der Waals surface area contributed by atoms with E-state index in [1.165, 1.54) is 25.3 Å². The average Bonchev–Trinajstić information content (AvgIpc) is 2.84. The third kappa shape index (κ3) is 3.66. The fraction of sp³-hybridized carbons (Fsp3) is 0.182. The highest BCUT2D eigenvalue weighted by atomic mass is 19.1. The number of aromatic nitrogens is 3. The van der Waals surface area contributed by atoms with Gasteiger partial charge in [0.15, 0.2) is 6.61 Å². The van der Waals surface area contributed by atoms with Crippen LogP contribution in [0.25, 0.3) is 0 Å². The van der Waals surface area contributed by atoms with Crippen LogP contribution in [0.2, 0.25) is 0 Å². The molecule has 8 heteroatoms. The molecule has 19 heavy (non-hydrogen) atoms. The van der Waals surface area contributed by atoms with Crippen molar-refractivity contribution < 1.29 is 18.7 Å². The van der Waals surface area contributed by atoms with Gasteiger partial charge in [0.05, 0.1) is 7.11 Å². The molecule has 7 nitrogen and oxygen atoms in total. The van der Waals surface area contributed by atoms with Gasteiger partial charge >= 0.3 is 6.01 Å². The van der Waals surface area contributed by atoms with Crippen LogP contribution in [0.3, 0.4) is 0 Å². The van der Waals surface area contributed by atoms with Crippen LogP contribution in [0.1, 0.15) is 0 Å². The number of amides is 1. The number of carbonyl (C=O) groups is 1. The lowest BCUT2D eigenvalue weighted by Gasteiger charge is -2.05. The summed E-state index contributed by atoms with van der Waals surface area (Å²) in [5.74, 6) is -0.476. The molecule has 0 spiro atoms. The Hall–Kier alpha value is -2.64. The summed E-state index contributed by atoms with van der Waals surface area (Å²) < 4.78 is 22.7. The van der Waals surface area contributed by atoms with Crippen LogP contribution in [-0.2, 0) is 4.79 Å². The van der Waals surface area contributed by atoms with Gasteiger partial charge in [-0.1, -0.05) is 6.07 Å². The number of benzene rings is 1. The Morgan fingerprint density at radius 1 is 1.53 bits per heavy atom. The molecular formula is C11H11FN4O3. The second-order valence-corrected chi connectivity index (χ2v) is 3.46. The Balaban J connectivity index is 1.84. The van der Waals surface area contributed by atoms with Gasteiger partial charge in [-0.15, -0.1) is 5.10 Å². The molecule has 1 aromatic heterocycles. The smallest absolute Gasteiger partial charge is 0.336 e. The van der Waals surface area contributed by atoms with E-state index in [9.17, 15) is 9.18 Å². The number of methoxy groups -OCH3 is 1. The van der Waals surface area contributed by atoms with E-state index in [0.717, 1.165) is 0 Å². The van der Waals surface area contributed by atoms with Gasteiger partial charge in [0.25, 0.3) is 5.91 Å². The van der Waals surface area contributed by atoms with Crippen molar-refractivity contribution in [3.8, 4) is 11.8 Å². The molecule has 0 radical (unpaired) electrons. The minimum Gasteiger partial charge on any atom is -0.484 e. The predicted octanol–water partition coefficient (Wildman–Crippen LogP) is 0.970. The summed E-state index contributed by atoms with van der Waals surface area (Å²) in [6.07, 6.45) is 0. The number of halogens is 1. The van der Waals surface area contributed by atoms with Crippen molar-refractivity contribution in [2.45, 2.75) is 0 Å². The molecule has 2 rings (SSSR count). The molecule has 0 aliphatic rings. The van der Waals surface area contributed by atoms with E-state index in [1.54, 1.807) is 6.07 Å². The van der Waals surface area contributed by atoms with E-state index in [2.05, 4.69) is 20.5 Å². The standard InChI is InChI=1S/C11H11FN4O3/c1-18-11-14-10(15-16-11)13-9(17)6-19-8-4-2-3-7(12)5-8/h2-5H,6H2,1H3,(H2,13,14,15,16,17). The van der Waals surface area contributed by atoms with Crippen molar-refractivity contribution in [3.63, 3.8) is 0 Å². The fourth-order valence-corrected chi connectivity index (χ4v) is 1.27. The summed E-state index contributed by atoms with van der Waals surface area (Å²) in [5, 5.41) is 8.53. The van der Waals surface area contributed by atoms with Crippen molar-refractivity contribution in [1.82, 2.24) is 15.2 Å². The van der Waals surface area contributed by atoms with Crippen LogP contribution >= 0.6 is 0 Å². The molecule has 1 heterocycles. The van der Waals surface area contributed by atoms with Crippen LogP contribution in [0.4, 0.5) is 10.3 Å². The average molecular weight is 266 g/mol. The Bertz CT molecular complexity index is 573. The van der Waals surface area contributed by atoms with Crippen molar-refractivity contribution in [2.75, 3.05) is 19.0 Å². The third-order valence-electron chi connectivity index (χ3n) is 2.07. The summed E-state index contributed by atoms with van der Waals surface area (Å²) in [5.41, 5.74) is 0. The summed E-state index contributed by atoms with van der Waals surface area (Å²) in [6.45, 7) is -0.271. The van der Waals surface area contributed by atoms with Gasteiger partial charge in [-0.3, -0.25) is 10.1 Å². The minimum absolute atomic E-state index is 0.112. The highest BCUT2D eigenvalue weighted by Crippen LogP contribution is 2.11. The molecule has 100 valence electrons. The van der Waals surface area contributed by atoms with E-state index in [-0.39, 0.29) is 24.3 Å². The van der Waals surface area contributed by atoms with Crippen molar-refractivity contribution in [2.24, 2.45) is 0 Å². The zero-order chi connectivity index (χ0) is 13.7. The van der Waals surface area contributed by atoms with E-state index in [0.29, 0.717) is 0 Å². The number of hydrogen-bond donors (Lipinski definition) is 2. The number of aromatic amines is 1. The molecule has 0 saturated carbocycles. The van der Waals surface area contributed by atoms with Gasteiger partial charge in [-0.05, 0) is 12.1 Å². The molecule has 0 unspecified atom stereocenters. The van der Waals surface area contributed by atoms with Gasteiger partial charge in [-0.2, -0.15) is 4.98 Å². The first-order valence-electron chi connectivity index (χ1n) is 5.32. The maximum Gasteiger partial charge on any atom is 0.336 e. The molecule has 0 aliphatic carbocycles. The second kappa shape index (κ2) is 5.80. The SMILES string of the molecule is COc1n[nH]c(NC(=O)COc2cccc(F)c2)n1. The van der Waals surface area contributed by atoms with Gasteiger partial charge in [0, 0.05) is 6.07 Å².